The number of halogens is 6. The first-order valence-electron chi connectivity index (χ1n) is 7.08. The van der Waals surface area contributed by atoms with Gasteiger partial charge >= 0.3 is 5.97 Å². The summed E-state index contributed by atoms with van der Waals surface area (Å²) in [6, 6.07) is 0. The average Bonchev–Trinajstić information content (AvgIpc) is 2.97. The second-order valence-corrected chi connectivity index (χ2v) is 7.38. The minimum absolute atomic E-state index is 0.214. The summed E-state index contributed by atoms with van der Waals surface area (Å²) in [4.78, 5) is 11.8. The second-order valence-electron chi connectivity index (χ2n) is 6.38. The summed E-state index contributed by atoms with van der Waals surface area (Å²) in [5.41, 5.74) is -3.73. The van der Waals surface area contributed by atoms with Gasteiger partial charge in [0.15, 0.2) is 17.4 Å². The third kappa shape index (κ3) is 2.77. The molecule has 0 radical (unpaired) electrons. The summed E-state index contributed by atoms with van der Waals surface area (Å²) in [6.07, 6.45) is 0.455. The lowest BCUT2D eigenvalue weighted by Gasteiger charge is -2.18. The molecule has 3 nitrogen and oxygen atoms in total. The van der Waals surface area contributed by atoms with Crippen molar-refractivity contribution in [2.75, 3.05) is 7.11 Å². The Morgan fingerprint density at radius 1 is 1.16 bits per heavy atom. The summed E-state index contributed by atoms with van der Waals surface area (Å²) >= 11 is 11.2. The third-order valence-corrected chi connectivity index (χ3v) is 5.27. The molecule has 2 atom stereocenters. The molecular weight excluding hydrogens is 387 g/mol. The fourth-order valence-corrected chi connectivity index (χ4v) is 3.72. The van der Waals surface area contributed by atoms with E-state index in [4.69, 9.17) is 23.2 Å². The van der Waals surface area contributed by atoms with E-state index in [1.54, 1.807) is 0 Å². The van der Waals surface area contributed by atoms with E-state index in [1.807, 2.05) is 0 Å². The lowest BCUT2D eigenvalue weighted by atomic mass is 9.87. The van der Waals surface area contributed by atoms with E-state index in [2.05, 4.69) is 4.74 Å². The van der Waals surface area contributed by atoms with Crippen molar-refractivity contribution in [3.05, 3.63) is 39.4 Å². The van der Waals surface area contributed by atoms with Gasteiger partial charge < -0.3 is 9.84 Å². The summed E-state index contributed by atoms with van der Waals surface area (Å²) < 4.78 is 60.3. The van der Waals surface area contributed by atoms with Crippen molar-refractivity contribution in [3.8, 4) is 5.75 Å². The lowest BCUT2D eigenvalue weighted by Crippen LogP contribution is -2.26. The number of carboxylic acids is 1. The molecule has 0 bridgehead atoms. The molecule has 1 aromatic rings. The molecule has 0 aliphatic heterocycles. The minimum atomic E-state index is -1.73. The zero-order valence-electron chi connectivity index (χ0n) is 13.4. The normalized spacial score (nSPS) is 24.0. The van der Waals surface area contributed by atoms with Crippen molar-refractivity contribution < 1.29 is 32.2 Å². The number of ether oxygens (including phenoxy) is 1. The summed E-state index contributed by atoms with van der Waals surface area (Å²) in [5, 5.41) is 9.63. The molecule has 2 unspecified atom stereocenters. The maximum Gasteiger partial charge on any atom is 0.311 e. The van der Waals surface area contributed by atoms with Gasteiger partial charge in [0, 0.05) is 11.5 Å². The lowest BCUT2D eigenvalue weighted by molar-refractivity contribution is -0.145. The molecule has 25 heavy (non-hydrogen) atoms. The highest BCUT2D eigenvalue weighted by molar-refractivity contribution is 6.55. The van der Waals surface area contributed by atoms with E-state index in [0.29, 0.717) is 0 Å². The Kier molecular flexibility index (Phi) is 5.05. The van der Waals surface area contributed by atoms with E-state index in [1.165, 1.54) is 19.9 Å². The summed E-state index contributed by atoms with van der Waals surface area (Å²) in [5.74, 6) is -10.2. The molecule has 1 fully saturated rings. The van der Waals surface area contributed by atoms with Crippen molar-refractivity contribution in [3.63, 3.8) is 0 Å². The van der Waals surface area contributed by atoms with Gasteiger partial charge in [-0.15, -0.1) is 0 Å². The molecule has 0 aromatic heterocycles. The summed E-state index contributed by atoms with van der Waals surface area (Å²) in [6.45, 7) is 3.07. The monoisotopic (exact) mass is 400 g/mol. The Labute approximate surface area is 151 Å². The zero-order chi connectivity index (χ0) is 19.3. The van der Waals surface area contributed by atoms with Crippen LogP contribution >= 0.6 is 23.2 Å². The maximum atomic E-state index is 14.2. The number of rotatable bonds is 5. The first kappa shape index (κ1) is 19.8. The average molecular weight is 401 g/mol. The van der Waals surface area contributed by atoms with Gasteiger partial charge in [0.1, 0.15) is 4.49 Å². The number of hydrogen-bond acceptors (Lipinski definition) is 2. The Morgan fingerprint density at radius 2 is 1.64 bits per heavy atom. The van der Waals surface area contributed by atoms with Gasteiger partial charge in [-0.2, -0.15) is 8.78 Å². The van der Waals surface area contributed by atoms with Crippen LogP contribution in [0.5, 0.6) is 5.75 Å². The molecule has 0 spiro atoms. The topological polar surface area (TPSA) is 46.5 Å². The number of carboxylic acid groups (broad SMARTS) is 1. The van der Waals surface area contributed by atoms with Crippen LogP contribution in [0.3, 0.4) is 0 Å². The highest BCUT2D eigenvalue weighted by Gasteiger charge is 2.75. The van der Waals surface area contributed by atoms with Crippen LogP contribution in [-0.2, 0) is 11.2 Å². The van der Waals surface area contributed by atoms with Crippen LogP contribution in [0.25, 0.3) is 0 Å². The maximum absolute atomic E-state index is 14.2. The Bertz CT molecular complexity index is 746. The van der Waals surface area contributed by atoms with Gasteiger partial charge in [-0.25, -0.2) is 8.78 Å². The molecule has 1 N–H and O–H groups in total. The van der Waals surface area contributed by atoms with Crippen molar-refractivity contribution in [2.45, 2.75) is 20.3 Å². The van der Waals surface area contributed by atoms with Gasteiger partial charge in [0.05, 0.1) is 12.5 Å². The number of benzene rings is 1. The molecule has 0 saturated heterocycles. The molecule has 0 heterocycles. The van der Waals surface area contributed by atoms with E-state index in [9.17, 15) is 27.5 Å². The number of methoxy groups -OCH3 is 1. The van der Waals surface area contributed by atoms with Crippen LogP contribution in [0.1, 0.15) is 19.4 Å². The second kappa shape index (κ2) is 6.36. The van der Waals surface area contributed by atoms with Crippen molar-refractivity contribution in [2.24, 2.45) is 16.7 Å². The fraction of sp³-hybridized carbons (Fsp3) is 0.438. The quantitative estimate of drug-likeness (QED) is 0.568. The predicted octanol–water partition coefficient (Wildman–Crippen LogP) is 4.84. The van der Waals surface area contributed by atoms with Crippen LogP contribution in [0.15, 0.2) is 10.6 Å². The standard InChI is InChI=1S/C16H14Cl2F4O3/c1-15(2)7(4-8(17)18)16(15,14(23)24)5-6-9(19)11(21)13(25-3)12(22)10(6)20/h4,7H,5H2,1-3H3,(H,23,24). The first-order valence-corrected chi connectivity index (χ1v) is 7.84. The molecule has 0 amide bonds. The Hall–Kier alpha value is -1.47. The minimum Gasteiger partial charge on any atom is -0.491 e. The van der Waals surface area contributed by atoms with Gasteiger partial charge in [-0.1, -0.05) is 37.0 Å². The zero-order valence-corrected chi connectivity index (χ0v) is 14.9. The molecule has 1 aromatic carbocycles. The number of carbonyl (C=O) groups is 1. The van der Waals surface area contributed by atoms with Crippen molar-refractivity contribution in [1.29, 1.82) is 0 Å². The van der Waals surface area contributed by atoms with Crippen LogP contribution in [-0.4, -0.2) is 18.2 Å². The summed E-state index contributed by atoms with van der Waals surface area (Å²) in [7, 11) is 0.853. The number of hydrogen-bond donors (Lipinski definition) is 1. The highest BCUT2D eigenvalue weighted by atomic mass is 35.5. The van der Waals surface area contributed by atoms with Crippen molar-refractivity contribution >= 4 is 29.2 Å². The SMILES string of the molecule is COc1c(F)c(F)c(CC2(C(=O)O)C(C=C(Cl)Cl)C2(C)C)c(F)c1F. The van der Waals surface area contributed by atoms with E-state index >= 15 is 0 Å². The van der Waals surface area contributed by atoms with E-state index < -0.39 is 63.7 Å². The third-order valence-electron chi connectivity index (χ3n) is 5.02. The molecule has 1 saturated carbocycles. The number of allylic oxidation sites excluding steroid dienone is 1. The molecule has 2 rings (SSSR count). The van der Waals surface area contributed by atoms with Gasteiger partial charge in [0.2, 0.25) is 11.6 Å². The van der Waals surface area contributed by atoms with Crippen LogP contribution in [0.4, 0.5) is 17.6 Å². The van der Waals surface area contributed by atoms with E-state index in [0.717, 1.165) is 7.11 Å². The highest BCUT2D eigenvalue weighted by Crippen LogP contribution is 2.71. The Balaban J connectivity index is 2.62. The van der Waals surface area contributed by atoms with Gasteiger partial charge in [-0.3, -0.25) is 4.79 Å². The molecule has 1 aliphatic carbocycles. The fourth-order valence-electron chi connectivity index (χ4n) is 3.46. The molecule has 1 aliphatic rings. The molecular formula is C16H14Cl2F4O3. The smallest absolute Gasteiger partial charge is 0.311 e. The van der Waals surface area contributed by atoms with Gasteiger partial charge in [-0.05, 0) is 17.9 Å². The first-order chi connectivity index (χ1) is 11.4. The van der Waals surface area contributed by atoms with Crippen LogP contribution in [0, 0.1) is 40.0 Å². The molecule has 138 valence electrons. The molecule has 9 heteroatoms. The number of aliphatic carboxylic acids is 1. The largest absolute Gasteiger partial charge is 0.491 e. The van der Waals surface area contributed by atoms with Crippen LogP contribution < -0.4 is 4.74 Å². The van der Waals surface area contributed by atoms with E-state index in [-0.39, 0.29) is 4.49 Å². The van der Waals surface area contributed by atoms with Gasteiger partial charge in [0.25, 0.3) is 0 Å². The van der Waals surface area contributed by atoms with Crippen molar-refractivity contribution in [1.82, 2.24) is 0 Å². The van der Waals surface area contributed by atoms with Crippen LogP contribution in [0.2, 0.25) is 0 Å². The predicted molar refractivity (Wildman–Crippen MR) is 83.7 cm³/mol. The Morgan fingerprint density at radius 3 is 2.00 bits per heavy atom.